The molecule has 0 saturated heterocycles. The van der Waals surface area contributed by atoms with Gasteiger partial charge in [0.2, 0.25) is 0 Å². The maximum atomic E-state index is 14.7. The van der Waals surface area contributed by atoms with E-state index in [4.69, 9.17) is 4.74 Å². The number of urea groups is 1. The summed E-state index contributed by atoms with van der Waals surface area (Å²) >= 11 is 0. The van der Waals surface area contributed by atoms with Gasteiger partial charge in [-0.2, -0.15) is 0 Å². The van der Waals surface area contributed by atoms with E-state index >= 15 is 0 Å². The molecule has 0 radical (unpaired) electrons. The summed E-state index contributed by atoms with van der Waals surface area (Å²) in [5.41, 5.74) is 2.22. The molecule has 0 saturated carbocycles. The van der Waals surface area contributed by atoms with Gasteiger partial charge in [-0.1, -0.05) is 36.4 Å². The third kappa shape index (κ3) is 4.32. The zero-order chi connectivity index (χ0) is 22.7. The van der Waals surface area contributed by atoms with E-state index in [1.807, 2.05) is 30.3 Å². The molecule has 4 rings (SSSR count). The molecule has 1 aromatic heterocycles. The Kier molecular flexibility index (Phi) is 6.16. The average Bonchev–Trinajstić information content (AvgIpc) is 3.27. The topological polar surface area (TPSA) is 87.3 Å². The number of ether oxygens (including phenoxy) is 1. The largest absolute Gasteiger partial charge is 0.467 e. The minimum Gasteiger partial charge on any atom is -0.467 e. The van der Waals surface area contributed by atoms with Gasteiger partial charge in [0.25, 0.3) is 0 Å². The van der Waals surface area contributed by atoms with Gasteiger partial charge >= 0.3 is 12.0 Å². The highest BCUT2D eigenvalue weighted by molar-refractivity contribution is 5.84. The molecule has 0 bridgehead atoms. The molecule has 2 N–H and O–H groups in total. The first kappa shape index (κ1) is 21.5. The van der Waals surface area contributed by atoms with Crippen molar-refractivity contribution in [1.82, 2.24) is 20.2 Å². The molecular formula is C23H22F2N4O3. The molecule has 32 heavy (non-hydrogen) atoms. The van der Waals surface area contributed by atoms with Crippen LogP contribution in [0.15, 0.2) is 54.9 Å². The van der Waals surface area contributed by atoms with Gasteiger partial charge in [0.1, 0.15) is 23.7 Å². The van der Waals surface area contributed by atoms with Gasteiger partial charge in [-0.25, -0.2) is 23.4 Å². The number of imidazole rings is 1. The Labute approximate surface area is 183 Å². The summed E-state index contributed by atoms with van der Waals surface area (Å²) in [6.45, 7) is 0.252. The van der Waals surface area contributed by atoms with E-state index in [1.54, 1.807) is 0 Å². The lowest BCUT2D eigenvalue weighted by Crippen LogP contribution is -2.52. The van der Waals surface area contributed by atoms with Gasteiger partial charge in [-0.05, 0) is 11.6 Å². The van der Waals surface area contributed by atoms with Gasteiger partial charge in [0, 0.05) is 36.7 Å². The predicted molar refractivity (Wildman–Crippen MR) is 112 cm³/mol. The van der Waals surface area contributed by atoms with Crippen LogP contribution in [0.3, 0.4) is 0 Å². The normalized spacial score (nSPS) is 16.2. The van der Waals surface area contributed by atoms with Crippen LogP contribution in [0.2, 0.25) is 0 Å². The summed E-state index contributed by atoms with van der Waals surface area (Å²) in [7, 11) is 1.25. The van der Waals surface area contributed by atoms with Gasteiger partial charge in [-0.3, -0.25) is 0 Å². The van der Waals surface area contributed by atoms with Crippen LogP contribution in [-0.2, 0) is 22.4 Å². The molecule has 0 unspecified atom stereocenters. The molecule has 3 aromatic rings. The number of hydrogen-bond donors (Lipinski definition) is 2. The standard InChI is InChI=1S/C23H22F2N4O3/c1-32-22(30)19(11-14-5-3-2-4-6-14)28-23(31)29-10-9-18-20(27-13-26-18)21(29)16-8-7-15(24)12-17(16)25/h2-8,12-13,19,21H,9-11H2,1H3,(H,26,27)(H,28,31)/t19-,21+/m0/s1. The minimum absolute atomic E-state index is 0.118. The van der Waals surface area contributed by atoms with Crippen molar-refractivity contribution in [2.45, 2.75) is 24.9 Å². The van der Waals surface area contributed by atoms with Crippen LogP contribution in [0.4, 0.5) is 13.6 Å². The fourth-order valence-electron chi connectivity index (χ4n) is 3.95. The summed E-state index contributed by atoms with van der Waals surface area (Å²) in [5.74, 6) is -2.09. The number of nitrogens with zero attached hydrogens (tertiary/aromatic N) is 2. The molecule has 2 atom stereocenters. The first-order valence-electron chi connectivity index (χ1n) is 10.1. The number of H-pyrrole nitrogens is 1. The second-order valence-electron chi connectivity index (χ2n) is 7.49. The molecule has 2 heterocycles. The lowest BCUT2D eigenvalue weighted by atomic mass is 9.95. The van der Waals surface area contributed by atoms with Crippen molar-refractivity contribution >= 4 is 12.0 Å². The molecule has 7 nitrogen and oxygen atoms in total. The second kappa shape index (κ2) is 9.17. The first-order chi connectivity index (χ1) is 15.5. The number of nitrogens with one attached hydrogen (secondary N) is 2. The molecule has 1 aliphatic rings. The number of rotatable bonds is 5. The third-order valence-corrected chi connectivity index (χ3v) is 5.51. The molecular weight excluding hydrogens is 418 g/mol. The molecule has 0 aliphatic carbocycles. The highest BCUT2D eigenvalue weighted by Crippen LogP contribution is 2.35. The zero-order valence-electron chi connectivity index (χ0n) is 17.3. The van der Waals surface area contributed by atoms with Crippen LogP contribution in [0.5, 0.6) is 0 Å². The quantitative estimate of drug-likeness (QED) is 0.597. The fourth-order valence-corrected chi connectivity index (χ4v) is 3.95. The van der Waals surface area contributed by atoms with Crippen LogP contribution in [0.25, 0.3) is 0 Å². The Morgan fingerprint density at radius 3 is 2.75 bits per heavy atom. The Bertz CT molecular complexity index is 1120. The maximum Gasteiger partial charge on any atom is 0.328 e. The van der Waals surface area contributed by atoms with E-state index in [9.17, 15) is 18.4 Å². The number of methoxy groups -OCH3 is 1. The van der Waals surface area contributed by atoms with Crippen LogP contribution in [0.1, 0.15) is 28.6 Å². The van der Waals surface area contributed by atoms with E-state index in [2.05, 4.69) is 15.3 Å². The highest BCUT2D eigenvalue weighted by atomic mass is 19.1. The third-order valence-electron chi connectivity index (χ3n) is 5.51. The first-order valence-corrected chi connectivity index (χ1v) is 10.1. The van der Waals surface area contributed by atoms with Crippen molar-refractivity contribution in [2.24, 2.45) is 0 Å². The van der Waals surface area contributed by atoms with Crippen molar-refractivity contribution in [3.8, 4) is 0 Å². The Hall–Kier alpha value is -3.75. The Balaban J connectivity index is 1.63. The van der Waals surface area contributed by atoms with E-state index < -0.39 is 35.7 Å². The molecule has 9 heteroatoms. The van der Waals surface area contributed by atoms with Gasteiger partial charge in [0.05, 0.1) is 19.1 Å². The van der Waals surface area contributed by atoms with Crippen molar-refractivity contribution in [2.75, 3.05) is 13.7 Å². The number of hydrogen-bond acceptors (Lipinski definition) is 4. The lowest BCUT2D eigenvalue weighted by Gasteiger charge is -2.36. The van der Waals surface area contributed by atoms with E-state index in [0.29, 0.717) is 12.1 Å². The molecule has 2 aromatic carbocycles. The average molecular weight is 440 g/mol. The van der Waals surface area contributed by atoms with Crippen molar-refractivity contribution < 1.29 is 23.1 Å². The number of halogens is 2. The highest BCUT2D eigenvalue weighted by Gasteiger charge is 2.37. The summed E-state index contributed by atoms with van der Waals surface area (Å²) in [6.07, 6.45) is 2.19. The summed E-state index contributed by atoms with van der Waals surface area (Å²) in [4.78, 5) is 34.3. The molecule has 166 valence electrons. The van der Waals surface area contributed by atoms with Gasteiger partial charge < -0.3 is 19.9 Å². The number of aromatic nitrogens is 2. The van der Waals surface area contributed by atoms with Crippen molar-refractivity contribution in [3.05, 3.63) is 89.0 Å². The predicted octanol–water partition coefficient (Wildman–Crippen LogP) is 3.13. The summed E-state index contributed by atoms with van der Waals surface area (Å²) in [5, 5.41) is 2.72. The number of aromatic amines is 1. The van der Waals surface area contributed by atoms with Crippen LogP contribution in [-0.4, -0.2) is 46.6 Å². The van der Waals surface area contributed by atoms with E-state index in [-0.39, 0.29) is 18.5 Å². The number of carbonyl (C=O) groups excluding carboxylic acids is 2. The van der Waals surface area contributed by atoms with E-state index in [1.165, 1.54) is 24.4 Å². The SMILES string of the molecule is COC(=O)[C@H](Cc1ccccc1)NC(=O)N1CCc2[nH]cnc2[C@H]1c1ccc(F)cc1F. The Morgan fingerprint density at radius 1 is 1.25 bits per heavy atom. The van der Waals surface area contributed by atoms with Gasteiger partial charge in [-0.15, -0.1) is 0 Å². The van der Waals surface area contributed by atoms with Crippen LogP contribution in [0, 0.1) is 11.6 Å². The Morgan fingerprint density at radius 2 is 2.03 bits per heavy atom. The van der Waals surface area contributed by atoms with E-state index in [0.717, 1.165) is 23.4 Å². The second-order valence-corrected chi connectivity index (χ2v) is 7.49. The number of benzene rings is 2. The number of esters is 1. The zero-order valence-corrected chi connectivity index (χ0v) is 17.3. The molecule has 1 aliphatic heterocycles. The van der Waals surface area contributed by atoms with Crippen LogP contribution < -0.4 is 5.32 Å². The minimum atomic E-state index is -0.936. The monoisotopic (exact) mass is 440 g/mol. The smallest absolute Gasteiger partial charge is 0.328 e. The number of fused-ring (bicyclic) bond motifs is 1. The summed E-state index contributed by atoms with van der Waals surface area (Å²) < 4.78 is 33.1. The number of amides is 2. The van der Waals surface area contributed by atoms with Crippen molar-refractivity contribution in [3.63, 3.8) is 0 Å². The molecule has 0 fully saturated rings. The van der Waals surface area contributed by atoms with Crippen LogP contribution >= 0.6 is 0 Å². The fraction of sp³-hybridized carbons (Fsp3) is 0.261. The van der Waals surface area contributed by atoms with Gasteiger partial charge in [0.15, 0.2) is 0 Å². The van der Waals surface area contributed by atoms with Crippen molar-refractivity contribution in [1.29, 1.82) is 0 Å². The molecule has 2 amide bonds. The number of carbonyl (C=O) groups is 2. The lowest BCUT2D eigenvalue weighted by molar-refractivity contribution is -0.142. The maximum absolute atomic E-state index is 14.7. The summed E-state index contributed by atoms with van der Waals surface area (Å²) in [6, 6.07) is 10.1. The molecule has 0 spiro atoms.